The molecule has 2 saturated heterocycles. The number of carbonyl (C=O) groups is 1. The zero-order chi connectivity index (χ0) is 14.6. The lowest BCUT2D eigenvalue weighted by molar-refractivity contribution is -0.152. The molecule has 1 unspecified atom stereocenters. The molecule has 2 rings (SSSR count). The Morgan fingerprint density at radius 2 is 1.95 bits per heavy atom. The maximum absolute atomic E-state index is 12.3. The van der Waals surface area contributed by atoms with E-state index in [2.05, 4.69) is 5.32 Å². The van der Waals surface area contributed by atoms with Crippen molar-refractivity contribution in [2.24, 2.45) is 0 Å². The Labute approximate surface area is 116 Å². The molecule has 2 aliphatic heterocycles. The maximum atomic E-state index is 12.3. The van der Waals surface area contributed by atoms with Crippen LogP contribution in [0.4, 0.5) is 13.2 Å². The largest absolute Gasteiger partial charge is 0.401 e. The molecule has 5 nitrogen and oxygen atoms in total. The molecule has 20 heavy (non-hydrogen) atoms. The summed E-state index contributed by atoms with van der Waals surface area (Å²) in [5, 5.41) is 3.15. The van der Waals surface area contributed by atoms with Crippen molar-refractivity contribution in [3.8, 4) is 0 Å². The minimum absolute atomic E-state index is 0.0367. The number of nitrogens with zero attached hydrogens (tertiary/aromatic N) is 2. The van der Waals surface area contributed by atoms with Crippen LogP contribution in [0.1, 0.15) is 6.42 Å². The van der Waals surface area contributed by atoms with Gasteiger partial charge in [0.25, 0.3) is 0 Å². The van der Waals surface area contributed by atoms with Crippen molar-refractivity contribution >= 4 is 5.91 Å². The molecule has 1 N–H and O–H groups in total. The Hall–Kier alpha value is -0.860. The smallest absolute Gasteiger partial charge is 0.375 e. The van der Waals surface area contributed by atoms with Gasteiger partial charge in [0.1, 0.15) is 0 Å². The number of halogens is 3. The van der Waals surface area contributed by atoms with E-state index in [-0.39, 0.29) is 25.1 Å². The van der Waals surface area contributed by atoms with E-state index in [0.717, 1.165) is 6.54 Å². The van der Waals surface area contributed by atoms with E-state index in [9.17, 15) is 18.0 Å². The van der Waals surface area contributed by atoms with Gasteiger partial charge in [0.05, 0.1) is 25.7 Å². The maximum Gasteiger partial charge on any atom is 0.401 e. The van der Waals surface area contributed by atoms with Crippen LogP contribution in [0.3, 0.4) is 0 Å². The van der Waals surface area contributed by atoms with Crippen LogP contribution >= 0.6 is 0 Å². The van der Waals surface area contributed by atoms with E-state index in [1.54, 1.807) is 4.90 Å². The molecule has 2 fully saturated rings. The van der Waals surface area contributed by atoms with Gasteiger partial charge in [0.2, 0.25) is 5.91 Å². The van der Waals surface area contributed by atoms with Gasteiger partial charge in [-0.15, -0.1) is 0 Å². The molecule has 8 heteroatoms. The van der Waals surface area contributed by atoms with Crippen LogP contribution in [-0.4, -0.2) is 80.4 Å². The average molecular weight is 295 g/mol. The first-order valence-electron chi connectivity index (χ1n) is 6.83. The van der Waals surface area contributed by atoms with Gasteiger partial charge >= 0.3 is 6.18 Å². The second kappa shape index (κ2) is 6.73. The number of hydrogen-bond acceptors (Lipinski definition) is 4. The van der Waals surface area contributed by atoms with E-state index in [4.69, 9.17) is 4.74 Å². The molecule has 0 aliphatic carbocycles. The Kier molecular flexibility index (Phi) is 5.22. The standard InChI is InChI=1S/C12H20F3N3O2/c13-12(14,15)9-17-2-4-18(5-3-17)11(19)7-10-8-16-1-6-20-10/h10,16H,1-9H2. The fraction of sp³-hybridized carbons (Fsp3) is 0.917. The van der Waals surface area contributed by atoms with Crippen LogP contribution in [0.25, 0.3) is 0 Å². The zero-order valence-corrected chi connectivity index (χ0v) is 11.3. The van der Waals surface area contributed by atoms with Crippen LogP contribution in [0.15, 0.2) is 0 Å². The summed E-state index contributed by atoms with van der Waals surface area (Å²) in [6, 6.07) is 0. The Morgan fingerprint density at radius 3 is 2.50 bits per heavy atom. The van der Waals surface area contributed by atoms with Crippen molar-refractivity contribution in [3.63, 3.8) is 0 Å². The van der Waals surface area contributed by atoms with E-state index in [1.165, 1.54) is 4.90 Å². The molecule has 2 heterocycles. The number of rotatable bonds is 3. The van der Waals surface area contributed by atoms with Crippen molar-refractivity contribution in [2.45, 2.75) is 18.7 Å². The van der Waals surface area contributed by atoms with Crippen LogP contribution in [-0.2, 0) is 9.53 Å². The molecule has 0 radical (unpaired) electrons. The predicted molar refractivity (Wildman–Crippen MR) is 66.3 cm³/mol. The molecule has 116 valence electrons. The number of morpholine rings is 1. The summed E-state index contributed by atoms with van der Waals surface area (Å²) in [4.78, 5) is 15.0. The highest BCUT2D eigenvalue weighted by Gasteiger charge is 2.33. The molecular weight excluding hydrogens is 275 g/mol. The van der Waals surface area contributed by atoms with E-state index in [0.29, 0.717) is 32.7 Å². The fourth-order valence-electron chi connectivity index (χ4n) is 2.48. The number of carbonyl (C=O) groups excluding carboxylic acids is 1. The second-order valence-corrected chi connectivity index (χ2v) is 5.17. The molecule has 0 aromatic heterocycles. The summed E-state index contributed by atoms with van der Waals surface area (Å²) >= 11 is 0. The number of alkyl halides is 3. The van der Waals surface area contributed by atoms with E-state index < -0.39 is 12.7 Å². The lowest BCUT2D eigenvalue weighted by Crippen LogP contribution is -2.52. The molecule has 0 aromatic rings. The Bertz CT molecular complexity index is 324. The van der Waals surface area contributed by atoms with Gasteiger partial charge in [-0.05, 0) is 0 Å². The predicted octanol–water partition coefficient (Wildman–Crippen LogP) is 0.0714. The van der Waals surface area contributed by atoms with Gasteiger partial charge in [-0.2, -0.15) is 13.2 Å². The van der Waals surface area contributed by atoms with Crippen molar-refractivity contribution in [1.29, 1.82) is 0 Å². The SMILES string of the molecule is O=C(CC1CNCCO1)N1CCN(CC(F)(F)F)CC1. The first kappa shape index (κ1) is 15.5. The van der Waals surface area contributed by atoms with Gasteiger partial charge in [0.15, 0.2) is 0 Å². The monoisotopic (exact) mass is 295 g/mol. The molecule has 0 saturated carbocycles. The fourth-order valence-corrected chi connectivity index (χ4v) is 2.48. The van der Waals surface area contributed by atoms with Crippen LogP contribution in [0.5, 0.6) is 0 Å². The number of amides is 1. The summed E-state index contributed by atoms with van der Waals surface area (Å²) < 4.78 is 42.2. The van der Waals surface area contributed by atoms with Crippen molar-refractivity contribution in [1.82, 2.24) is 15.1 Å². The normalized spacial score (nSPS) is 25.8. The Morgan fingerprint density at radius 1 is 1.25 bits per heavy atom. The molecule has 1 atom stereocenters. The van der Waals surface area contributed by atoms with Crippen LogP contribution in [0, 0.1) is 0 Å². The van der Waals surface area contributed by atoms with E-state index >= 15 is 0 Å². The zero-order valence-electron chi connectivity index (χ0n) is 11.3. The third-order valence-electron chi connectivity index (χ3n) is 3.53. The summed E-state index contributed by atoms with van der Waals surface area (Å²) in [6.07, 6.45) is -4.00. The number of hydrogen-bond donors (Lipinski definition) is 1. The van der Waals surface area contributed by atoms with Crippen molar-refractivity contribution < 1.29 is 22.7 Å². The number of nitrogens with one attached hydrogen (secondary N) is 1. The Balaban J connectivity index is 1.71. The highest BCUT2D eigenvalue weighted by atomic mass is 19.4. The summed E-state index contributed by atoms with van der Waals surface area (Å²) in [5.74, 6) is -0.0367. The summed E-state index contributed by atoms with van der Waals surface area (Å²) in [7, 11) is 0. The minimum Gasteiger partial charge on any atom is -0.375 e. The minimum atomic E-state index is -4.17. The highest BCUT2D eigenvalue weighted by Crippen LogP contribution is 2.17. The first-order valence-corrected chi connectivity index (χ1v) is 6.83. The number of ether oxygens (including phenoxy) is 1. The molecule has 0 aromatic carbocycles. The van der Waals surface area contributed by atoms with Crippen molar-refractivity contribution in [2.75, 3.05) is 52.4 Å². The topological polar surface area (TPSA) is 44.8 Å². The molecule has 2 aliphatic rings. The molecule has 1 amide bonds. The van der Waals surface area contributed by atoms with Gasteiger partial charge in [0, 0.05) is 39.3 Å². The third-order valence-corrected chi connectivity index (χ3v) is 3.53. The molecule has 0 spiro atoms. The van der Waals surface area contributed by atoms with Crippen LogP contribution < -0.4 is 5.32 Å². The average Bonchev–Trinajstić information content (AvgIpc) is 2.39. The van der Waals surface area contributed by atoms with Gasteiger partial charge in [-0.25, -0.2) is 0 Å². The van der Waals surface area contributed by atoms with Gasteiger partial charge in [-0.3, -0.25) is 9.69 Å². The summed E-state index contributed by atoms with van der Waals surface area (Å²) in [6.45, 7) is 2.40. The molecule has 0 bridgehead atoms. The van der Waals surface area contributed by atoms with Crippen LogP contribution in [0.2, 0.25) is 0 Å². The van der Waals surface area contributed by atoms with Gasteiger partial charge < -0.3 is 15.0 Å². The first-order chi connectivity index (χ1) is 9.44. The summed E-state index contributed by atoms with van der Waals surface area (Å²) in [5.41, 5.74) is 0. The van der Waals surface area contributed by atoms with Crippen molar-refractivity contribution in [3.05, 3.63) is 0 Å². The lowest BCUT2D eigenvalue weighted by Gasteiger charge is -2.36. The second-order valence-electron chi connectivity index (χ2n) is 5.17. The third kappa shape index (κ3) is 4.92. The number of piperazine rings is 1. The van der Waals surface area contributed by atoms with E-state index in [1.807, 2.05) is 0 Å². The van der Waals surface area contributed by atoms with Gasteiger partial charge in [-0.1, -0.05) is 0 Å². The molecular formula is C12H20F3N3O2. The highest BCUT2D eigenvalue weighted by molar-refractivity contribution is 5.76. The lowest BCUT2D eigenvalue weighted by atomic mass is 10.2. The quantitative estimate of drug-likeness (QED) is 0.800.